The van der Waals surface area contributed by atoms with Crippen LogP contribution in [0.25, 0.3) is 16.9 Å². The SMILES string of the molecule is NC(=O)[C@@H]1CCCN(Cc2cn(-c3ccc(F)cc3)nc2-c2ccccc2Cl)C1. The van der Waals surface area contributed by atoms with Crippen molar-refractivity contribution in [1.82, 2.24) is 14.7 Å². The van der Waals surface area contributed by atoms with Crippen molar-refractivity contribution in [3.63, 3.8) is 0 Å². The monoisotopic (exact) mass is 412 g/mol. The number of piperidine rings is 1. The van der Waals surface area contributed by atoms with Gasteiger partial charge in [-0.05, 0) is 49.7 Å². The minimum atomic E-state index is -0.293. The smallest absolute Gasteiger partial charge is 0.221 e. The highest BCUT2D eigenvalue weighted by atomic mass is 35.5. The van der Waals surface area contributed by atoms with Crippen LogP contribution in [-0.4, -0.2) is 33.7 Å². The first-order valence-corrected chi connectivity index (χ1v) is 10.00. The molecular formula is C22H22ClFN4O. The van der Waals surface area contributed by atoms with Crippen LogP contribution in [0.1, 0.15) is 18.4 Å². The van der Waals surface area contributed by atoms with E-state index in [0.29, 0.717) is 18.1 Å². The van der Waals surface area contributed by atoms with E-state index in [-0.39, 0.29) is 17.6 Å². The summed E-state index contributed by atoms with van der Waals surface area (Å²) in [6.07, 6.45) is 3.71. The van der Waals surface area contributed by atoms with Gasteiger partial charge in [-0.3, -0.25) is 9.69 Å². The van der Waals surface area contributed by atoms with Crippen molar-refractivity contribution in [2.75, 3.05) is 13.1 Å². The Kier molecular flexibility index (Phi) is 5.65. The molecule has 2 aromatic carbocycles. The third-order valence-electron chi connectivity index (χ3n) is 5.31. The zero-order valence-corrected chi connectivity index (χ0v) is 16.6. The number of aromatic nitrogens is 2. The van der Waals surface area contributed by atoms with Crippen LogP contribution in [0.2, 0.25) is 5.02 Å². The number of amides is 1. The molecule has 1 amide bonds. The average Bonchev–Trinajstić information content (AvgIpc) is 3.12. The minimum absolute atomic E-state index is 0.125. The number of nitrogens with two attached hydrogens (primary N) is 1. The second-order valence-corrected chi connectivity index (χ2v) is 7.79. The summed E-state index contributed by atoms with van der Waals surface area (Å²) in [5.41, 5.74) is 8.90. The molecule has 1 aromatic heterocycles. The number of hydrogen-bond donors (Lipinski definition) is 1. The van der Waals surface area contributed by atoms with Gasteiger partial charge in [0.1, 0.15) is 5.82 Å². The summed E-state index contributed by atoms with van der Waals surface area (Å²) in [4.78, 5) is 13.9. The lowest BCUT2D eigenvalue weighted by molar-refractivity contribution is -0.123. The molecular weight excluding hydrogens is 391 g/mol. The number of carbonyl (C=O) groups is 1. The van der Waals surface area contributed by atoms with Crippen molar-refractivity contribution in [2.24, 2.45) is 11.7 Å². The van der Waals surface area contributed by atoms with Gasteiger partial charge in [0.2, 0.25) is 5.91 Å². The largest absolute Gasteiger partial charge is 0.369 e. The molecule has 1 aliphatic heterocycles. The number of carbonyl (C=O) groups excluding carboxylic acids is 1. The Labute approximate surface area is 173 Å². The Hall–Kier alpha value is -2.70. The zero-order chi connectivity index (χ0) is 20.4. The van der Waals surface area contributed by atoms with E-state index >= 15 is 0 Å². The molecule has 2 heterocycles. The van der Waals surface area contributed by atoms with E-state index < -0.39 is 0 Å². The molecule has 150 valence electrons. The second kappa shape index (κ2) is 8.35. The molecule has 1 aliphatic rings. The maximum atomic E-state index is 13.3. The maximum absolute atomic E-state index is 13.3. The van der Waals surface area contributed by atoms with Crippen LogP contribution in [0.15, 0.2) is 54.7 Å². The van der Waals surface area contributed by atoms with Crippen molar-refractivity contribution in [2.45, 2.75) is 19.4 Å². The van der Waals surface area contributed by atoms with Gasteiger partial charge < -0.3 is 5.73 Å². The first-order chi connectivity index (χ1) is 14.0. The molecule has 1 saturated heterocycles. The van der Waals surface area contributed by atoms with Crippen molar-refractivity contribution in [1.29, 1.82) is 0 Å². The molecule has 0 aliphatic carbocycles. The Morgan fingerprint density at radius 3 is 2.69 bits per heavy atom. The molecule has 5 nitrogen and oxygen atoms in total. The molecule has 4 rings (SSSR count). The summed E-state index contributed by atoms with van der Waals surface area (Å²) in [5.74, 6) is -0.666. The van der Waals surface area contributed by atoms with Gasteiger partial charge in [-0.25, -0.2) is 9.07 Å². The normalized spacial score (nSPS) is 17.4. The molecule has 0 saturated carbocycles. The minimum Gasteiger partial charge on any atom is -0.369 e. The Balaban J connectivity index is 1.70. The highest BCUT2D eigenvalue weighted by molar-refractivity contribution is 6.33. The Morgan fingerprint density at radius 2 is 1.97 bits per heavy atom. The molecule has 0 unspecified atom stereocenters. The number of halogens is 2. The Bertz CT molecular complexity index is 1020. The molecule has 1 fully saturated rings. The van der Waals surface area contributed by atoms with Crippen LogP contribution < -0.4 is 5.73 Å². The lowest BCUT2D eigenvalue weighted by Gasteiger charge is -2.31. The van der Waals surface area contributed by atoms with Crippen molar-refractivity contribution in [3.8, 4) is 16.9 Å². The van der Waals surface area contributed by atoms with Gasteiger partial charge in [-0.2, -0.15) is 5.10 Å². The van der Waals surface area contributed by atoms with E-state index in [1.54, 1.807) is 16.8 Å². The molecule has 2 N–H and O–H groups in total. The lowest BCUT2D eigenvalue weighted by atomic mass is 9.97. The molecule has 29 heavy (non-hydrogen) atoms. The predicted molar refractivity (Wildman–Crippen MR) is 111 cm³/mol. The summed E-state index contributed by atoms with van der Waals surface area (Å²) >= 11 is 6.44. The third kappa shape index (κ3) is 4.33. The quantitative estimate of drug-likeness (QED) is 0.688. The van der Waals surface area contributed by atoms with Crippen LogP contribution in [0.3, 0.4) is 0 Å². The fourth-order valence-corrected chi connectivity index (χ4v) is 4.03. The highest BCUT2D eigenvalue weighted by Gasteiger charge is 2.25. The average molecular weight is 413 g/mol. The van der Waals surface area contributed by atoms with E-state index in [1.165, 1.54) is 12.1 Å². The van der Waals surface area contributed by atoms with Gasteiger partial charge in [0, 0.05) is 30.4 Å². The molecule has 1 atom stereocenters. The summed E-state index contributed by atoms with van der Waals surface area (Å²) in [6.45, 7) is 2.16. The second-order valence-electron chi connectivity index (χ2n) is 7.38. The maximum Gasteiger partial charge on any atom is 0.221 e. The number of likely N-dealkylation sites (tertiary alicyclic amines) is 1. The number of primary amides is 1. The van der Waals surface area contributed by atoms with Crippen molar-refractivity contribution >= 4 is 17.5 Å². The van der Waals surface area contributed by atoms with Crippen LogP contribution in [-0.2, 0) is 11.3 Å². The lowest BCUT2D eigenvalue weighted by Crippen LogP contribution is -2.40. The third-order valence-corrected chi connectivity index (χ3v) is 5.64. The van der Waals surface area contributed by atoms with E-state index in [1.807, 2.05) is 30.5 Å². The van der Waals surface area contributed by atoms with Crippen LogP contribution in [0, 0.1) is 11.7 Å². The summed E-state index contributed by atoms with van der Waals surface area (Å²) in [7, 11) is 0. The molecule has 0 spiro atoms. The van der Waals surface area contributed by atoms with E-state index in [0.717, 1.165) is 41.9 Å². The fraction of sp³-hybridized carbons (Fsp3) is 0.273. The van der Waals surface area contributed by atoms with Crippen LogP contribution in [0.5, 0.6) is 0 Å². The van der Waals surface area contributed by atoms with Crippen molar-refractivity contribution in [3.05, 3.63) is 71.1 Å². The van der Waals surface area contributed by atoms with Gasteiger partial charge in [0.05, 0.1) is 22.3 Å². The molecule has 3 aromatic rings. The van der Waals surface area contributed by atoms with Crippen LogP contribution >= 0.6 is 11.6 Å². The fourth-order valence-electron chi connectivity index (χ4n) is 3.80. The zero-order valence-electron chi connectivity index (χ0n) is 15.9. The van der Waals surface area contributed by atoms with Gasteiger partial charge in [0.15, 0.2) is 0 Å². The molecule has 0 radical (unpaired) electrons. The van der Waals surface area contributed by atoms with Gasteiger partial charge >= 0.3 is 0 Å². The summed E-state index contributed by atoms with van der Waals surface area (Å²) in [5, 5.41) is 5.37. The first-order valence-electron chi connectivity index (χ1n) is 9.62. The summed E-state index contributed by atoms with van der Waals surface area (Å²) < 4.78 is 15.1. The predicted octanol–water partition coefficient (Wildman–Crippen LogP) is 4.03. The van der Waals surface area contributed by atoms with Gasteiger partial charge in [-0.15, -0.1) is 0 Å². The molecule has 0 bridgehead atoms. The Morgan fingerprint density at radius 1 is 1.21 bits per heavy atom. The number of rotatable bonds is 5. The van der Waals surface area contributed by atoms with Gasteiger partial charge in [-0.1, -0.05) is 29.8 Å². The van der Waals surface area contributed by atoms with E-state index in [2.05, 4.69) is 4.90 Å². The molecule has 7 heteroatoms. The summed E-state index contributed by atoms with van der Waals surface area (Å²) in [6, 6.07) is 13.8. The first kappa shape index (κ1) is 19.6. The standard InChI is InChI=1S/C22H22ClFN4O/c23-20-6-2-1-5-19(20)21-16(13-27-11-3-4-15(12-27)22(25)29)14-28(26-21)18-9-7-17(24)8-10-18/h1-2,5-10,14-15H,3-4,11-13H2,(H2,25,29)/t15-/m1/s1. The number of benzene rings is 2. The van der Waals surface area contributed by atoms with E-state index in [4.69, 9.17) is 22.4 Å². The van der Waals surface area contributed by atoms with Crippen LogP contribution in [0.4, 0.5) is 4.39 Å². The number of hydrogen-bond acceptors (Lipinski definition) is 3. The highest BCUT2D eigenvalue weighted by Crippen LogP contribution is 2.31. The topological polar surface area (TPSA) is 64.2 Å². The number of nitrogens with zero attached hydrogens (tertiary/aromatic N) is 3. The van der Waals surface area contributed by atoms with Crippen molar-refractivity contribution < 1.29 is 9.18 Å². The van der Waals surface area contributed by atoms with Gasteiger partial charge in [0.25, 0.3) is 0 Å². The van der Waals surface area contributed by atoms with E-state index in [9.17, 15) is 9.18 Å².